The van der Waals surface area contributed by atoms with Gasteiger partial charge in [0, 0.05) is 18.2 Å². The van der Waals surface area contributed by atoms with Gasteiger partial charge in [0.2, 0.25) is 0 Å². The second-order valence-electron chi connectivity index (χ2n) is 5.29. The zero-order valence-electron chi connectivity index (χ0n) is 12.0. The lowest BCUT2D eigenvalue weighted by molar-refractivity contribution is 0.0892. The van der Waals surface area contributed by atoms with Crippen LogP contribution in [0, 0.1) is 5.92 Å². The van der Waals surface area contributed by atoms with Gasteiger partial charge in [0.15, 0.2) is 0 Å². The molecule has 1 aromatic carbocycles. The molecule has 0 heterocycles. The highest BCUT2D eigenvalue weighted by Gasteiger charge is 2.25. The van der Waals surface area contributed by atoms with Crippen molar-refractivity contribution in [1.29, 1.82) is 0 Å². The zero-order valence-corrected chi connectivity index (χ0v) is 12.0. The third-order valence-corrected chi connectivity index (χ3v) is 4.14. The van der Waals surface area contributed by atoms with Crippen molar-refractivity contribution in [2.75, 3.05) is 7.11 Å². The van der Waals surface area contributed by atoms with Crippen molar-refractivity contribution < 1.29 is 9.47 Å². The van der Waals surface area contributed by atoms with E-state index >= 15 is 0 Å². The average Bonchev–Trinajstić information content (AvgIpc) is 2.47. The van der Waals surface area contributed by atoms with Gasteiger partial charge in [-0.25, -0.2) is 0 Å². The normalized spacial score (nSPS) is 23.1. The van der Waals surface area contributed by atoms with Gasteiger partial charge in [-0.2, -0.15) is 0 Å². The Balaban J connectivity index is 2.16. The van der Waals surface area contributed by atoms with E-state index in [2.05, 4.69) is 6.92 Å². The third kappa shape index (κ3) is 3.41. The van der Waals surface area contributed by atoms with Crippen molar-refractivity contribution in [3.8, 4) is 11.5 Å². The largest absolute Gasteiger partial charge is 0.497 e. The molecule has 0 radical (unpaired) electrons. The second kappa shape index (κ2) is 6.80. The monoisotopic (exact) mass is 263 g/mol. The first-order valence-electron chi connectivity index (χ1n) is 7.32. The van der Waals surface area contributed by atoms with Gasteiger partial charge < -0.3 is 15.2 Å². The fraction of sp³-hybridized carbons (Fsp3) is 0.625. The topological polar surface area (TPSA) is 44.5 Å². The molecule has 1 aliphatic rings. The smallest absolute Gasteiger partial charge is 0.127 e. The van der Waals surface area contributed by atoms with Gasteiger partial charge in [-0.1, -0.05) is 19.4 Å². The summed E-state index contributed by atoms with van der Waals surface area (Å²) in [6.07, 6.45) is 6.55. The van der Waals surface area contributed by atoms with Crippen molar-refractivity contribution in [2.45, 2.75) is 51.7 Å². The Morgan fingerprint density at radius 1 is 1.26 bits per heavy atom. The fourth-order valence-electron chi connectivity index (χ4n) is 2.90. The molecule has 2 unspecified atom stereocenters. The third-order valence-electron chi connectivity index (χ3n) is 4.14. The minimum atomic E-state index is 0.330. The van der Waals surface area contributed by atoms with Gasteiger partial charge in [0.1, 0.15) is 17.6 Å². The number of rotatable bonds is 5. The van der Waals surface area contributed by atoms with Gasteiger partial charge in [-0.15, -0.1) is 0 Å². The van der Waals surface area contributed by atoms with Crippen molar-refractivity contribution in [3.63, 3.8) is 0 Å². The van der Waals surface area contributed by atoms with Crippen molar-refractivity contribution >= 4 is 0 Å². The Morgan fingerprint density at radius 2 is 2.05 bits per heavy atom. The molecule has 0 saturated heterocycles. The molecular formula is C16H25NO2. The number of ether oxygens (including phenoxy) is 2. The quantitative estimate of drug-likeness (QED) is 0.884. The first-order chi connectivity index (χ1) is 9.28. The standard InChI is InChI=1S/C16H25NO2/c1-3-12-6-4-5-7-15(12)19-16-10-14(18-2)9-8-13(16)11-17/h8-10,12,15H,3-7,11,17H2,1-2H3. The molecule has 1 aromatic rings. The van der Waals surface area contributed by atoms with E-state index in [4.69, 9.17) is 15.2 Å². The van der Waals surface area contributed by atoms with Crippen LogP contribution in [0.2, 0.25) is 0 Å². The predicted octanol–water partition coefficient (Wildman–Crippen LogP) is 3.50. The molecule has 2 rings (SSSR count). The zero-order chi connectivity index (χ0) is 13.7. The molecule has 0 aliphatic heterocycles. The van der Waals surface area contributed by atoms with Crippen LogP contribution in [0.15, 0.2) is 18.2 Å². The van der Waals surface area contributed by atoms with E-state index in [-0.39, 0.29) is 0 Å². The molecule has 3 nitrogen and oxygen atoms in total. The lowest BCUT2D eigenvalue weighted by Crippen LogP contribution is -2.30. The minimum Gasteiger partial charge on any atom is -0.497 e. The number of hydrogen-bond acceptors (Lipinski definition) is 3. The molecule has 106 valence electrons. The Hall–Kier alpha value is -1.22. The molecule has 2 N–H and O–H groups in total. The van der Waals surface area contributed by atoms with E-state index in [9.17, 15) is 0 Å². The van der Waals surface area contributed by atoms with Gasteiger partial charge in [0.05, 0.1) is 7.11 Å². The summed E-state index contributed by atoms with van der Waals surface area (Å²) >= 11 is 0. The molecule has 1 saturated carbocycles. The van der Waals surface area contributed by atoms with Crippen molar-refractivity contribution in [2.24, 2.45) is 11.7 Å². The predicted molar refractivity (Wildman–Crippen MR) is 77.6 cm³/mol. The number of hydrogen-bond donors (Lipinski definition) is 1. The summed E-state index contributed by atoms with van der Waals surface area (Å²) in [4.78, 5) is 0. The van der Waals surface area contributed by atoms with E-state index in [0.29, 0.717) is 18.6 Å². The molecule has 1 aliphatic carbocycles. The van der Waals surface area contributed by atoms with Gasteiger partial charge >= 0.3 is 0 Å². The summed E-state index contributed by atoms with van der Waals surface area (Å²) in [5.74, 6) is 2.40. The van der Waals surface area contributed by atoms with Gasteiger partial charge in [-0.3, -0.25) is 0 Å². The fourth-order valence-corrected chi connectivity index (χ4v) is 2.90. The van der Waals surface area contributed by atoms with Crippen LogP contribution < -0.4 is 15.2 Å². The van der Waals surface area contributed by atoms with Crippen LogP contribution in [0.4, 0.5) is 0 Å². The maximum absolute atomic E-state index is 6.26. The van der Waals surface area contributed by atoms with Crippen LogP contribution in [-0.4, -0.2) is 13.2 Å². The van der Waals surface area contributed by atoms with Crippen LogP contribution >= 0.6 is 0 Å². The molecule has 3 heteroatoms. The molecule has 1 fully saturated rings. The van der Waals surface area contributed by atoms with E-state index in [1.165, 1.54) is 25.7 Å². The highest BCUT2D eigenvalue weighted by atomic mass is 16.5. The van der Waals surface area contributed by atoms with Crippen molar-refractivity contribution in [1.82, 2.24) is 0 Å². The summed E-state index contributed by atoms with van der Waals surface area (Å²) in [5, 5.41) is 0. The lowest BCUT2D eigenvalue weighted by Gasteiger charge is -2.32. The summed E-state index contributed by atoms with van der Waals surface area (Å²) in [5.41, 5.74) is 6.85. The maximum Gasteiger partial charge on any atom is 0.127 e. The van der Waals surface area contributed by atoms with Crippen LogP contribution in [0.25, 0.3) is 0 Å². The number of methoxy groups -OCH3 is 1. The highest BCUT2D eigenvalue weighted by Crippen LogP contribution is 2.33. The number of nitrogens with two attached hydrogens (primary N) is 1. The molecule has 0 spiro atoms. The Bertz CT molecular complexity index is 406. The lowest BCUT2D eigenvalue weighted by atomic mass is 9.84. The van der Waals surface area contributed by atoms with E-state index in [1.807, 2.05) is 18.2 Å². The van der Waals surface area contributed by atoms with Crippen LogP contribution in [0.5, 0.6) is 11.5 Å². The molecule has 2 atom stereocenters. The second-order valence-corrected chi connectivity index (χ2v) is 5.29. The Labute approximate surface area is 116 Å². The molecule has 0 amide bonds. The Morgan fingerprint density at radius 3 is 2.74 bits per heavy atom. The van der Waals surface area contributed by atoms with E-state index < -0.39 is 0 Å². The molecule has 0 bridgehead atoms. The van der Waals surface area contributed by atoms with Gasteiger partial charge in [0.25, 0.3) is 0 Å². The number of benzene rings is 1. The van der Waals surface area contributed by atoms with E-state index in [1.54, 1.807) is 7.11 Å². The summed E-state index contributed by atoms with van der Waals surface area (Å²) < 4.78 is 11.5. The Kier molecular flexibility index (Phi) is 5.08. The first-order valence-corrected chi connectivity index (χ1v) is 7.32. The maximum atomic E-state index is 6.26. The molecule has 0 aromatic heterocycles. The molecular weight excluding hydrogens is 238 g/mol. The van der Waals surface area contributed by atoms with Crippen LogP contribution in [0.1, 0.15) is 44.6 Å². The summed E-state index contributed by atoms with van der Waals surface area (Å²) in [6.45, 7) is 2.75. The van der Waals surface area contributed by atoms with Gasteiger partial charge in [-0.05, 0) is 37.7 Å². The van der Waals surface area contributed by atoms with Crippen LogP contribution in [0.3, 0.4) is 0 Å². The minimum absolute atomic E-state index is 0.330. The summed E-state index contributed by atoms with van der Waals surface area (Å²) in [6, 6.07) is 5.90. The summed E-state index contributed by atoms with van der Waals surface area (Å²) in [7, 11) is 1.68. The molecule has 19 heavy (non-hydrogen) atoms. The highest BCUT2D eigenvalue weighted by molar-refractivity contribution is 5.40. The van der Waals surface area contributed by atoms with E-state index in [0.717, 1.165) is 23.5 Å². The average molecular weight is 263 g/mol. The van der Waals surface area contributed by atoms with Crippen LogP contribution in [-0.2, 0) is 6.54 Å². The SMILES string of the molecule is CCC1CCCCC1Oc1cc(OC)ccc1CN. The van der Waals surface area contributed by atoms with Crippen molar-refractivity contribution in [3.05, 3.63) is 23.8 Å². The first kappa shape index (κ1) is 14.2.